The summed E-state index contributed by atoms with van der Waals surface area (Å²) in [6, 6.07) is 28.1. The molecule has 1 amide bonds. The maximum absolute atomic E-state index is 13.2. The number of amides is 1. The van der Waals surface area contributed by atoms with Crippen molar-refractivity contribution in [2.75, 3.05) is 56.5 Å². The molecule has 0 radical (unpaired) electrons. The van der Waals surface area contributed by atoms with Crippen LogP contribution in [0, 0.1) is 10.1 Å². The number of rotatable bonds is 13. The van der Waals surface area contributed by atoms with Crippen LogP contribution >= 0.6 is 23.5 Å². The van der Waals surface area contributed by atoms with Crippen molar-refractivity contribution < 1.29 is 9.72 Å². The van der Waals surface area contributed by atoms with Crippen molar-refractivity contribution in [1.82, 2.24) is 14.5 Å². The first kappa shape index (κ1) is 34.8. The van der Waals surface area contributed by atoms with Gasteiger partial charge in [0.1, 0.15) is 5.69 Å². The van der Waals surface area contributed by atoms with Gasteiger partial charge in [-0.05, 0) is 116 Å². The number of fused-ring (bicyclic) bond motifs is 3. The van der Waals surface area contributed by atoms with Crippen molar-refractivity contribution in [2.24, 2.45) is 0 Å². The normalized spacial score (nSPS) is 15.8. The van der Waals surface area contributed by atoms with E-state index in [0.29, 0.717) is 28.7 Å². The third kappa shape index (κ3) is 8.56. The summed E-state index contributed by atoms with van der Waals surface area (Å²) < 4.78 is 2.89. The maximum Gasteiger partial charge on any atom is 0.293 e. The Kier molecular flexibility index (Phi) is 11.4. The second-order valence-electron chi connectivity index (χ2n) is 12.8. The highest BCUT2D eigenvalue weighted by atomic mass is 35.5. The molecule has 1 fully saturated rings. The molecule has 1 unspecified atom stereocenters. The summed E-state index contributed by atoms with van der Waals surface area (Å²) in [7, 11) is 2.05. The molecule has 9 nitrogen and oxygen atoms in total. The zero-order valence-corrected chi connectivity index (χ0v) is 29.6. The Morgan fingerprint density at radius 2 is 1.88 bits per heavy atom. The number of halogens is 1. The van der Waals surface area contributed by atoms with Crippen LogP contribution in [0.3, 0.4) is 0 Å². The van der Waals surface area contributed by atoms with Crippen molar-refractivity contribution in [3.05, 3.63) is 117 Å². The highest BCUT2D eigenvalue weighted by Gasteiger charge is 2.32. The van der Waals surface area contributed by atoms with Crippen molar-refractivity contribution in [3.63, 3.8) is 0 Å². The van der Waals surface area contributed by atoms with Crippen LogP contribution in [-0.2, 0) is 13.0 Å². The van der Waals surface area contributed by atoms with Crippen LogP contribution in [0.15, 0.2) is 89.8 Å². The fourth-order valence-corrected chi connectivity index (χ4v) is 7.50. The number of piperazine rings is 1. The van der Waals surface area contributed by atoms with Gasteiger partial charge in [0.25, 0.3) is 11.6 Å². The number of anilines is 2. The lowest BCUT2D eigenvalue weighted by molar-refractivity contribution is -0.384. The van der Waals surface area contributed by atoms with Crippen molar-refractivity contribution in [2.45, 2.75) is 43.7 Å². The summed E-state index contributed by atoms with van der Waals surface area (Å²) in [5, 5.41) is 15.7. The molecular formula is C38H43ClN6O3S. The van der Waals surface area contributed by atoms with Crippen LogP contribution in [-0.4, -0.2) is 73.0 Å². The lowest BCUT2D eigenvalue weighted by Crippen LogP contribution is -2.54. The Hall–Kier alpha value is -4.09. The predicted molar refractivity (Wildman–Crippen MR) is 201 cm³/mol. The van der Waals surface area contributed by atoms with Crippen LogP contribution in [0.1, 0.15) is 41.3 Å². The highest BCUT2D eigenvalue weighted by molar-refractivity contribution is 7.98. The van der Waals surface area contributed by atoms with E-state index in [2.05, 4.69) is 81.2 Å². The molecule has 0 spiro atoms. The third-order valence-electron chi connectivity index (χ3n) is 9.53. The Bertz CT molecular complexity index is 1790. The zero-order chi connectivity index (χ0) is 34.3. The number of benzene rings is 4. The van der Waals surface area contributed by atoms with Gasteiger partial charge in [-0.3, -0.25) is 24.5 Å². The van der Waals surface area contributed by atoms with Gasteiger partial charge in [-0.15, -0.1) is 0 Å². The van der Waals surface area contributed by atoms with Gasteiger partial charge in [0, 0.05) is 66.0 Å². The first-order valence-electron chi connectivity index (χ1n) is 16.9. The fourth-order valence-electron chi connectivity index (χ4n) is 6.74. The number of nitrogens with one attached hydrogen (secondary N) is 2. The summed E-state index contributed by atoms with van der Waals surface area (Å²) in [6.07, 6.45) is 2.82. The average Bonchev–Trinajstić information content (AvgIpc) is 3.12. The van der Waals surface area contributed by atoms with Crippen molar-refractivity contribution >= 4 is 46.5 Å². The van der Waals surface area contributed by atoms with E-state index in [1.165, 1.54) is 34.0 Å². The molecule has 6 rings (SSSR count). The molecule has 256 valence electrons. The molecule has 2 heterocycles. The Morgan fingerprint density at radius 1 is 1.06 bits per heavy atom. The predicted octanol–water partition coefficient (Wildman–Crippen LogP) is 7.74. The van der Waals surface area contributed by atoms with E-state index in [1.54, 1.807) is 12.1 Å². The van der Waals surface area contributed by atoms with Crippen LogP contribution in [0.4, 0.5) is 17.1 Å². The van der Waals surface area contributed by atoms with E-state index >= 15 is 0 Å². The first-order chi connectivity index (χ1) is 23.8. The molecule has 4 aromatic carbocycles. The minimum Gasteiger partial charge on any atom is -0.379 e. The second-order valence-corrected chi connectivity index (χ2v) is 14.1. The molecule has 1 saturated heterocycles. The summed E-state index contributed by atoms with van der Waals surface area (Å²) in [5.41, 5.74) is 7.20. The van der Waals surface area contributed by atoms with Gasteiger partial charge in [-0.1, -0.05) is 54.9 Å². The lowest BCUT2D eigenvalue weighted by atomic mass is 9.92. The average molecular weight is 699 g/mol. The quantitative estimate of drug-likeness (QED) is 0.0634. The number of aryl methyl sites for hydroxylation is 1. The number of nitrogens with zero attached hydrogens (tertiary/aromatic N) is 4. The minimum absolute atomic E-state index is 0.00251. The van der Waals surface area contributed by atoms with Gasteiger partial charge in [0.2, 0.25) is 0 Å². The molecule has 1 atom stereocenters. The third-order valence-corrected chi connectivity index (χ3v) is 10.6. The van der Waals surface area contributed by atoms with E-state index in [9.17, 15) is 14.9 Å². The SMILES string of the molecule is CCN(C)CCCNc1ccc(SNC(=O)c2ccc3c(c2)CCC2CN(Cc4ccccc4-c4ccc(Cl)cc4)CCN32)cc1[N+](=O)[O-]. The highest BCUT2D eigenvalue weighted by Crippen LogP contribution is 2.35. The molecule has 2 aliphatic rings. The van der Waals surface area contributed by atoms with Gasteiger partial charge in [-0.2, -0.15) is 0 Å². The molecule has 49 heavy (non-hydrogen) atoms. The van der Waals surface area contributed by atoms with E-state index < -0.39 is 0 Å². The smallest absolute Gasteiger partial charge is 0.293 e. The van der Waals surface area contributed by atoms with Gasteiger partial charge in [0.15, 0.2) is 0 Å². The van der Waals surface area contributed by atoms with E-state index in [0.717, 1.165) is 75.5 Å². The number of hydrogen-bond donors (Lipinski definition) is 2. The number of hydrogen-bond acceptors (Lipinski definition) is 8. The molecular weight excluding hydrogens is 656 g/mol. The van der Waals surface area contributed by atoms with Crippen molar-refractivity contribution in [1.29, 1.82) is 0 Å². The largest absolute Gasteiger partial charge is 0.379 e. The maximum atomic E-state index is 13.2. The molecule has 2 aliphatic heterocycles. The summed E-state index contributed by atoms with van der Waals surface area (Å²) in [4.78, 5) is 32.4. The number of carbonyl (C=O) groups is 1. The zero-order valence-electron chi connectivity index (χ0n) is 28.0. The minimum atomic E-state index is -0.386. The van der Waals surface area contributed by atoms with Crippen LogP contribution in [0.25, 0.3) is 11.1 Å². The summed E-state index contributed by atoms with van der Waals surface area (Å²) >= 11 is 7.24. The summed E-state index contributed by atoms with van der Waals surface area (Å²) in [5.74, 6) is -0.219. The second kappa shape index (κ2) is 16.1. The topological polar surface area (TPSA) is 94.0 Å². The molecule has 0 aliphatic carbocycles. The monoisotopic (exact) mass is 698 g/mol. The van der Waals surface area contributed by atoms with Gasteiger partial charge in [-0.25, -0.2) is 0 Å². The number of carbonyl (C=O) groups excluding carboxylic acids is 1. The van der Waals surface area contributed by atoms with E-state index in [1.807, 2.05) is 24.3 Å². The molecule has 2 N–H and O–H groups in total. The lowest BCUT2D eigenvalue weighted by Gasteiger charge is -2.46. The first-order valence-corrected chi connectivity index (χ1v) is 18.1. The Labute approximate surface area is 297 Å². The summed E-state index contributed by atoms with van der Waals surface area (Å²) in [6.45, 7) is 8.40. The Morgan fingerprint density at radius 3 is 2.67 bits per heavy atom. The van der Waals surface area contributed by atoms with Crippen LogP contribution in [0.5, 0.6) is 0 Å². The van der Waals surface area contributed by atoms with Gasteiger partial charge >= 0.3 is 0 Å². The molecule has 0 saturated carbocycles. The van der Waals surface area contributed by atoms with Crippen LogP contribution in [0.2, 0.25) is 5.02 Å². The number of nitro groups is 1. The Balaban J connectivity index is 1.04. The fraction of sp³-hybridized carbons (Fsp3) is 0.342. The molecule has 4 aromatic rings. The van der Waals surface area contributed by atoms with E-state index in [-0.39, 0.29) is 16.5 Å². The van der Waals surface area contributed by atoms with Gasteiger partial charge < -0.3 is 15.1 Å². The van der Waals surface area contributed by atoms with E-state index in [4.69, 9.17) is 11.6 Å². The number of nitro benzene ring substituents is 1. The standard InChI is InChI=1S/C38H43ClN6O3S/c1-3-42(2)20-6-19-40-35-17-16-33(24-37(35)45(47)48)49-41-38(46)29-12-18-36-28(23-29)11-15-32-26-43(21-22-44(32)36)25-30-7-4-5-8-34(30)27-9-13-31(39)14-10-27/h4-5,7-10,12-14,16-18,23-24,32,40H,3,6,11,15,19-22,25-26H2,1-2H3,(H,41,46). The van der Waals surface area contributed by atoms with Crippen molar-refractivity contribution in [3.8, 4) is 11.1 Å². The van der Waals surface area contributed by atoms with Crippen LogP contribution < -0.4 is 14.9 Å². The molecule has 11 heteroatoms. The molecule has 0 bridgehead atoms. The molecule has 0 aromatic heterocycles. The van der Waals surface area contributed by atoms with Gasteiger partial charge in [0.05, 0.1) is 4.92 Å².